The highest BCUT2D eigenvalue weighted by Gasteiger charge is 2.31. The van der Waals surface area contributed by atoms with Crippen LogP contribution in [-0.4, -0.2) is 57.9 Å². The Morgan fingerprint density at radius 1 is 1.16 bits per heavy atom. The summed E-state index contributed by atoms with van der Waals surface area (Å²) in [5.74, 6) is 0.310. The third-order valence-corrected chi connectivity index (χ3v) is 6.36. The van der Waals surface area contributed by atoms with Crippen LogP contribution in [0.1, 0.15) is 11.5 Å². The second-order valence-corrected chi connectivity index (χ2v) is 7.82. The van der Waals surface area contributed by atoms with Crippen LogP contribution in [0.4, 0.5) is 5.69 Å². The van der Waals surface area contributed by atoms with Crippen molar-refractivity contribution in [3.8, 4) is 0 Å². The van der Waals surface area contributed by atoms with Gasteiger partial charge in [0.15, 0.2) is 10.7 Å². The number of aromatic nitrogens is 1. The van der Waals surface area contributed by atoms with Gasteiger partial charge in [0.2, 0.25) is 0 Å². The number of hydrogen-bond donors (Lipinski definition) is 0. The Balaban J connectivity index is 1.90. The van der Waals surface area contributed by atoms with E-state index in [4.69, 9.17) is 9.26 Å². The molecule has 2 aromatic rings. The van der Waals surface area contributed by atoms with Crippen molar-refractivity contribution in [3.63, 3.8) is 0 Å². The molecule has 1 aliphatic rings. The molecule has 25 heavy (non-hydrogen) atoms. The van der Waals surface area contributed by atoms with E-state index in [9.17, 15) is 8.42 Å². The first kappa shape index (κ1) is 17.9. The SMILES string of the molecule is Cc1noc(C)c1S(=O)(=O)N(CCN1CCOCC1)c1ccccc1. The molecule has 2 heterocycles. The van der Waals surface area contributed by atoms with Gasteiger partial charge < -0.3 is 9.26 Å². The van der Waals surface area contributed by atoms with Crippen LogP contribution in [0.5, 0.6) is 0 Å². The Bertz CT molecular complexity index is 779. The van der Waals surface area contributed by atoms with Gasteiger partial charge in [-0.3, -0.25) is 9.21 Å². The Morgan fingerprint density at radius 2 is 1.84 bits per heavy atom. The predicted octanol–water partition coefficient (Wildman–Crippen LogP) is 1.82. The number of ether oxygens (including phenoxy) is 1. The topological polar surface area (TPSA) is 75.9 Å². The molecule has 8 heteroatoms. The number of hydrogen-bond acceptors (Lipinski definition) is 6. The van der Waals surface area contributed by atoms with E-state index >= 15 is 0 Å². The summed E-state index contributed by atoms with van der Waals surface area (Å²) >= 11 is 0. The van der Waals surface area contributed by atoms with Crippen LogP contribution in [-0.2, 0) is 14.8 Å². The van der Waals surface area contributed by atoms with E-state index in [0.717, 1.165) is 13.1 Å². The van der Waals surface area contributed by atoms with Gasteiger partial charge in [0, 0.05) is 26.2 Å². The Kier molecular flexibility index (Phi) is 5.41. The molecule has 0 bridgehead atoms. The summed E-state index contributed by atoms with van der Waals surface area (Å²) < 4.78 is 38.5. The van der Waals surface area contributed by atoms with Crippen molar-refractivity contribution in [2.75, 3.05) is 43.7 Å². The fraction of sp³-hybridized carbons (Fsp3) is 0.471. The number of sulfonamides is 1. The summed E-state index contributed by atoms with van der Waals surface area (Å²) in [5, 5.41) is 3.80. The fourth-order valence-electron chi connectivity index (χ4n) is 2.99. The van der Waals surface area contributed by atoms with E-state index in [2.05, 4.69) is 10.1 Å². The molecule has 0 atom stereocenters. The number of para-hydroxylation sites is 1. The summed E-state index contributed by atoms with van der Waals surface area (Å²) in [6.07, 6.45) is 0. The highest BCUT2D eigenvalue weighted by molar-refractivity contribution is 7.93. The molecule has 1 aromatic heterocycles. The van der Waals surface area contributed by atoms with Crippen molar-refractivity contribution in [1.82, 2.24) is 10.1 Å². The van der Waals surface area contributed by atoms with E-state index in [1.807, 2.05) is 18.2 Å². The fourth-order valence-corrected chi connectivity index (χ4v) is 4.75. The zero-order chi connectivity index (χ0) is 17.9. The summed E-state index contributed by atoms with van der Waals surface area (Å²) in [7, 11) is -3.75. The lowest BCUT2D eigenvalue weighted by Gasteiger charge is -2.30. The number of morpholine rings is 1. The molecule has 1 aliphatic heterocycles. The first-order chi connectivity index (χ1) is 12.0. The van der Waals surface area contributed by atoms with Crippen molar-refractivity contribution in [2.24, 2.45) is 0 Å². The molecule has 0 saturated carbocycles. The molecule has 0 spiro atoms. The number of nitrogens with zero attached hydrogens (tertiary/aromatic N) is 3. The minimum atomic E-state index is -3.75. The van der Waals surface area contributed by atoms with E-state index in [1.54, 1.807) is 26.0 Å². The van der Waals surface area contributed by atoms with Crippen LogP contribution in [0.15, 0.2) is 39.8 Å². The monoisotopic (exact) mass is 365 g/mol. The summed E-state index contributed by atoms with van der Waals surface area (Å²) in [6, 6.07) is 9.14. The lowest BCUT2D eigenvalue weighted by atomic mass is 10.3. The normalized spacial score (nSPS) is 16.1. The van der Waals surface area contributed by atoms with E-state index in [0.29, 0.717) is 43.4 Å². The van der Waals surface area contributed by atoms with Gasteiger partial charge in [0.05, 0.1) is 18.9 Å². The average molecular weight is 365 g/mol. The maximum Gasteiger partial charge on any atom is 0.269 e. The molecule has 0 aliphatic carbocycles. The molecule has 0 radical (unpaired) electrons. The van der Waals surface area contributed by atoms with Gasteiger partial charge in [-0.15, -0.1) is 0 Å². The van der Waals surface area contributed by atoms with Crippen molar-refractivity contribution in [1.29, 1.82) is 0 Å². The van der Waals surface area contributed by atoms with Crippen LogP contribution in [0, 0.1) is 13.8 Å². The Hall–Kier alpha value is -1.90. The molecule has 0 unspecified atom stereocenters. The number of rotatable bonds is 6. The van der Waals surface area contributed by atoms with Gasteiger partial charge in [-0.1, -0.05) is 23.4 Å². The molecule has 136 valence electrons. The van der Waals surface area contributed by atoms with Crippen molar-refractivity contribution in [3.05, 3.63) is 41.8 Å². The zero-order valence-electron chi connectivity index (χ0n) is 14.5. The first-order valence-electron chi connectivity index (χ1n) is 8.31. The lowest BCUT2D eigenvalue weighted by Crippen LogP contribution is -2.43. The van der Waals surface area contributed by atoms with Gasteiger partial charge in [-0.25, -0.2) is 8.42 Å². The number of aryl methyl sites for hydroxylation is 2. The summed E-state index contributed by atoms with van der Waals surface area (Å²) in [6.45, 7) is 7.26. The van der Waals surface area contributed by atoms with Crippen molar-refractivity contribution in [2.45, 2.75) is 18.7 Å². The quantitative estimate of drug-likeness (QED) is 0.777. The highest BCUT2D eigenvalue weighted by atomic mass is 32.2. The van der Waals surface area contributed by atoms with Gasteiger partial charge in [0.1, 0.15) is 5.69 Å². The molecule has 1 saturated heterocycles. The van der Waals surface area contributed by atoms with Crippen molar-refractivity contribution < 1.29 is 17.7 Å². The molecule has 3 rings (SSSR count). The van der Waals surface area contributed by atoms with Crippen LogP contribution in [0.2, 0.25) is 0 Å². The van der Waals surface area contributed by atoms with Crippen molar-refractivity contribution >= 4 is 15.7 Å². The number of benzene rings is 1. The largest absolute Gasteiger partial charge is 0.379 e. The minimum absolute atomic E-state index is 0.151. The van der Waals surface area contributed by atoms with Crippen LogP contribution < -0.4 is 4.31 Å². The maximum atomic E-state index is 13.3. The molecular formula is C17H23N3O4S. The van der Waals surface area contributed by atoms with Gasteiger partial charge in [0.25, 0.3) is 10.0 Å². The second kappa shape index (κ2) is 7.55. The van der Waals surface area contributed by atoms with Crippen LogP contribution in [0.25, 0.3) is 0 Å². The smallest absolute Gasteiger partial charge is 0.269 e. The predicted molar refractivity (Wildman–Crippen MR) is 94.2 cm³/mol. The minimum Gasteiger partial charge on any atom is -0.379 e. The molecular weight excluding hydrogens is 342 g/mol. The molecule has 0 N–H and O–H groups in total. The molecule has 1 aromatic carbocycles. The van der Waals surface area contributed by atoms with Gasteiger partial charge >= 0.3 is 0 Å². The van der Waals surface area contributed by atoms with E-state index < -0.39 is 10.0 Å². The lowest BCUT2D eigenvalue weighted by molar-refractivity contribution is 0.0395. The van der Waals surface area contributed by atoms with Crippen LogP contribution >= 0.6 is 0 Å². The zero-order valence-corrected chi connectivity index (χ0v) is 15.3. The first-order valence-corrected chi connectivity index (χ1v) is 9.75. The Morgan fingerprint density at radius 3 is 2.44 bits per heavy atom. The van der Waals surface area contributed by atoms with Gasteiger partial charge in [-0.05, 0) is 26.0 Å². The molecule has 7 nitrogen and oxygen atoms in total. The third-order valence-electron chi connectivity index (χ3n) is 4.28. The number of anilines is 1. The summed E-state index contributed by atoms with van der Waals surface area (Å²) in [4.78, 5) is 2.36. The molecule has 0 amide bonds. The Labute approximate surface area is 148 Å². The van der Waals surface area contributed by atoms with E-state index in [-0.39, 0.29) is 4.90 Å². The standard InChI is InChI=1S/C17H23N3O4S/c1-14-17(15(2)24-18-14)25(21,22)20(16-6-4-3-5-7-16)9-8-19-10-12-23-13-11-19/h3-7H,8-13H2,1-2H3. The molecule has 1 fully saturated rings. The third kappa shape index (κ3) is 3.86. The van der Waals surface area contributed by atoms with E-state index in [1.165, 1.54) is 4.31 Å². The van der Waals surface area contributed by atoms with Crippen LogP contribution in [0.3, 0.4) is 0 Å². The van der Waals surface area contributed by atoms with Gasteiger partial charge in [-0.2, -0.15) is 0 Å². The summed E-state index contributed by atoms with van der Waals surface area (Å²) in [5.41, 5.74) is 1.01. The second-order valence-electron chi connectivity index (χ2n) is 6.02. The average Bonchev–Trinajstić information content (AvgIpc) is 2.96. The maximum absolute atomic E-state index is 13.3. The highest BCUT2D eigenvalue weighted by Crippen LogP contribution is 2.27.